The molecule has 104 valence electrons. The lowest BCUT2D eigenvalue weighted by molar-refractivity contribution is -0.114. The third-order valence-electron chi connectivity index (χ3n) is 4.32. The highest BCUT2D eigenvalue weighted by atomic mass is 16.5. The van der Waals surface area contributed by atoms with Crippen LogP contribution in [0, 0.1) is 0 Å². The van der Waals surface area contributed by atoms with Crippen molar-refractivity contribution < 1.29 is 9.47 Å². The molecule has 2 aliphatic rings. The Balaban J connectivity index is 1.75. The fraction of sp³-hybridized carbons (Fsp3) is 0.625. The van der Waals surface area contributed by atoms with Crippen LogP contribution in [0.5, 0.6) is 0 Å². The van der Waals surface area contributed by atoms with Gasteiger partial charge in [0.25, 0.3) is 0 Å². The molecule has 2 fully saturated rings. The van der Waals surface area contributed by atoms with Crippen LogP contribution in [0.1, 0.15) is 42.9 Å². The number of morpholine rings is 1. The second-order valence-corrected chi connectivity index (χ2v) is 5.81. The van der Waals surface area contributed by atoms with Gasteiger partial charge >= 0.3 is 0 Å². The maximum absolute atomic E-state index is 6.45. The number of benzene rings is 1. The molecular formula is C16H23NO2. The second kappa shape index (κ2) is 5.61. The van der Waals surface area contributed by atoms with Crippen molar-refractivity contribution in [2.75, 3.05) is 20.2 Å². The molecule has 3 heteroatoms. The minimum absolute atomic E-state index is 0.0974. The van der Waals surface area contributed by atoms with Gasteiger partial charge in [0, 0.05) is 20.2 Å². The molecular weight excluding hydrogens is 238 g/mol. The van der Waals surface area contributed by atoms with Crippen LogP contribution in [0.4, 0.5) is 0 Å². The van der Waals surface area contributed by atoms with Gasteiger partial charge in [-0.25, -0.2) is 0 Å². The smallest absolute Gasteiger partial charge is 0.0957 e. The van der Waals surface area contributed by atoms with E-state index in [1.807, 2.05) is 0 Å². The summed E-state index contributed by atoms with van der Waals surface area (Å²) in [5.41, 5.74) is 2.59. The summed E-state index contributed by atoms with van der Waals surface area (Å²) < 4.78 is 11.7. The zero-order valence-electron chi connectivity index (χ0n) is 11.7. The van der Waals surface area contributed by atoms with E-state index in [2.05, 4.69) is 29.6 Å². The van der Waals surface area contributed by atoms with Crippen LogP contribution in [0.3, 0.4) is 0 Å². The molecule has 1 spiro atoms. The third kappa shape index (κ3) is 2.83. The Morgan fingerprint density at radius 3 is 3.00 bits per heavy atom. The van der Waals surface area contributed by atoms with Crippen LogP contribution in [-0.2, 0) is 16.1 Å². The Morgan fingerprint density at radius 2 is 2.21 bits per heavy atom. The summed E-state index contributed by atoms with van der Waals surface area (Å²) in [6.07, 6.45) is 5.20. The van der Waals surface area contributed by atoms with Gasteiger partial charge in [-0.15, -0.1) is 0 Å². The van der Waals surface area contributed by atoms with Crippen molar-refractivity contribution in [2.45, 2.75) is 44.0 Å². The van der Waals surface area contributed by atoms with Crippen molar-refractivity contribution >= 4 is 0 Å². The third-order valence-corrected chi connectivity index (χ3v) is 4.32. The van der Waals surface area contributed by atoms with E-state index in [0.29, 0.717) is 6.61 Å². The standard InChI is InChI=1S/C16H23NO2/c1-18-11-13-5-4-6-14(9-13)15-10-17-12-16(19-15)7-2-3-8-16/h4-6,9,15,17H,2-3,7-8,10-12H2,1H3. The maximum Gasteiger partial charge on any atom is 0.0957 e. The zero-order valence-corrected chi connectivity index (χ0v) is 11.7. The molecule has 0 radical (unpaired) electrons. The minimum Gasteiger partial charge on any atom is -0.380 e. The van der Waals surface area contributed by atoms with Crippen molar-refractivity contribution in [2.24, 2.45) is 0 Å². The monoisotopic (exact) mass is 261 g/mol. The SMILES string of the molecule is COCc1cccc(C2CNCC3(CCCC3)O2)c1. The van der Waals surface area contributed by atoms with E-state index in [4.69, 9.17) is 9.47 Å². The van der Waals surface area contributed by atoms with E-state index in [0.717, 1.165) is 13.1 Å². The van der Waals surface area contributed by atoms with Crippen LogP contribution in [0.15, 0.2) is 24.3 Å². The van der Waals surface area contributed by atoms with E-state index in [-0.39, 0.29) is 11.7 Å². The van der Waals surface area contributed by atoms with Crippen LogP contribution >= 0.6 is 0 Å². The highest BCUT2D eigenvalue weighted by Crippen LogP contribution is 2.39. The van der Waals surface area contributed by atoms with Crippen LogP contribution in [-0.4, -0.2) is 25.8 Å². The molecule has 1 saturated carbocycles. The first-order valence-corrected chi connectivity index (χ1v) is 7.28. The fourth-order valence-corrected chi connectivity index (χ4v) is 3.37. The molecule has 3 nitrogen and oxygen atoms in total. The number of ether oxygens (including phenoxy) is 2. The zero-order chi connectivity index (χ0) is 13.1. The van der Waals surface area contributed by atoms with Gasteiger partial charge in [-0.3, -0.25) is 0 Å². The number of hydrogen-bond acceptors (Lipinski definition) is 3. The lowest BCUT2D eigenvalue weighted by Crippen LogP contribution is -2.49. The first kappa shape index (κ1) is 13.1. The molecule has 1 aromatic rings. The first-order chi connectivity index (χ1) is 9.31. The molecule has 1 atom stereocenters. The van der Waals surface area contributed by atoms with Gasteiger partial charge in [-0.05, 0) is 24.0 Å². The number of rotatable bonds is 3. The average molecular weight is 261 g/mol. The summed E-state index contributed by atoms with van der Waals surface area (Å²) in [5, 5.41) is 3.56. The molecule has 1 saturated heterocycles. The number of hydrogen-bond donors (Lipinski definition) is 1. The van der Waals surface area contributed by atoms with Crippen molar-refractivity contribution in [3.05, 3.63) is 35.4 Å². The van der Waals surface area contributed by atoms with Gasteiger partial charge < -0.3 is 14.8 Å². The Morgan fingerprint density at radius 1 is 1.37 bits per heavy atom. The topological polar surface area (TPSA) is 30.5 Å². The summed E-state index contributed by atoms with van der Waals surface area (Å²) in [4.78, 5) is 0. The number of methoxy groups -OCH3 is 1. The summed E-state index contributed by atoms with van der Waals surface area (Å²) in [7, 11) is 1.73. The highest BCUT2D eigenvalue weighted by molar-refractivity contribution is 5.25. The molecule has 3 rings (SSSR count). The van der Waals surface area contributed by atoms with E-state index in [1.165, 1.54) is 36.8 Å². The molecule has 1 heterocycles. The van der Waals surface area contributed by atoms with Gasteiger partial charge in [0.1, 0.15) is 0 Å². The van der Waals surface area contributed by atoms with Gasteiger partial charge in [0.15, 0.2) is 0 Å². The average Bonchev–Trinajstić information content (AvgIpc) is 2.87. The fourth-order valence-electron chi connectivity index (χ4n) is 3.37. The van der Waals surface area contributed by atoms with Crippen molar-refractivity contribution in [3.8, 4) is 0 Å². The molecule has 0 amide bonds. The Hall–Kier alpha value is -0.900. The Kier molecular flexibility index (Phi) is 3.87. The maximum atomic E-state index is 6.45. The first-order valence-electron chi connectivity index (χ1n) is 7.28. The Labute approximate surface area is 115 Å². The lowest BCUT2D eigenvalue weighted by Gasteiger charge is -2.39. The highest BCUT2D eigenvalue weighted by Gasteiger charge is 2.39. The van der Waals surface area contributed by atoms with Crippen LogP contribution in [0.2, 0.25) is 0 Å². The van der Waals surface area contributed by atoms with Crippen molar-refractivity contribution in [1.82, 2.24) is 5.32 Å². The van der Waals surface area contributed by atoms with E-state index in [1.54, 1.807) is 7.11 Å². The summed E-state index contributed by atoms with van der Waals surface area (Å²) in [6.45, 7) is 2.60. The van der Waals surface area contributed by atoms with Gasteiger partial charge in [0.05, 0.1) is 18.3 Å². The predicted molar refractivity (Wildman–Crippen MR) is 75.0 cm³/mol. The van der Waals surface area contributed by atoms with Gasteiger partial charge in [0.2, 0.25) is 0 Å². The molecule has 0 aromatic heterocycles. The molecule has 19 heavy (non-hydrogen) atoms. The van der Waals surface area contributed by atoms with Crippen molar-refractivity contribution in [3.63, 3.8) is 0 Å². The van der Waals surface area contributed by atoms with Crippen molar-refractivity contribution in [1.29, 1.82) is 0 Å². The largest absolute Gasteiger partial charge is 0.380 e. The van der Waals surface area contributed by atoms with Gasteiger partial charge in [-0.1, -0.05) is 37.1 Å². The summed E-state index contributed by atoms with van der Waals surface area (Å²) in [5.74, 6) is 0. The Bertz CT molecular complexity index is 427. The summed E-state index contributed by atoms with van der Waals surface area (Å²) >= 11 is 0. The summed E-state index contributed by atoms with van der Waals surface area (Å²) in [6, 6.07) is 8.58. The van der Waals surface area contributed by atoms with E-state index in [9.17, 15) is 0 Å². The van der Waals surface area contributed by atoms with E-state index < -0.39 is 0 Å². The minimum atomic E-state index is 0.0974. The molecule has 1 unspecified atom stereocenters. The molecule has 1 aromatic carbocycles. The molecule has 0 bridgehead atoms. The predicted octanol–water partition coefficient (Wildman–Crippen LogP) is 2.81. The van der Waals surface area contributed by atoms with E-state index >= 15 is 0 Å². The normalized spacial score (nSPS) is 25.8. The van der Waals surface area contributed by atoms with Gasteiger partial charge in [-0.2, -0.15) is 0 Å². The van der Waals surface area contributed by atoms with Crippen LogP contribution < -0.4 is 5.32 Å². The molecule has 1 N–H and O–H groups in total. The second-order valence-electron chi connectivity index (χ2n) is 5.81. The quantitative estimate of drug-likeness (QED) is 0.907. The molecule has 1 aliphatic carbocycles. The van der Waals surface area contributed by atoms with Crippen LogP contribution in [0.25, 0.3) is 0 Å². The number of nitrogens with one attached hydrogen (secondary N) is 1. The lowest BCUT2D eigenvalue weighted by atomic mass is 9.97. The molecule has 1 aliphatic heterocycles.